The molecule has 170 valence electrons. The molecule has 4 rings (SSSR count). The van der Waals surface area contributed by atoms with Crippen molar-refractivity contribution in [3.05, 3.63) is 95.6 Å². The summed E-state index contributed by atoms with van der Waals surface area (Å²) < 4.78 is 32.2. The minimum Gasteiger partial charge on any atom is -0.508 e. The normalized spacial score (nSPS) is 18.5. The van der Waals surface area contributed by atoms with Crippen molar-refractivity contribution in [2.45, 2.75) is 31.9 Å². The Morgan fingerprint density at radius 3 is 2.12 bits per heavy atom. The number of ether oxygens (including phenoxy) is 1. The summed E-state index contributed by atoms with van der Waals surface area (Å²) in [6.45, 7) is 1.31. The quantitative estimate of drug-likeness (QED) is 0.383. The van der Waals surface area contributed by atoms with Crippen molar-refractivity contribution in [3.63, 3.8) is 0 Å². The highest BCUT2D eigenvalue weighted by molar-refractivity contribution is 6.03. The number of carbonyl (C=O) groups excluding carboxylic acids is 2. The lowest BCUT2D eigenvalue weighted by molar-refractivity contribution is -0.147. The Morgan fingerprint density at radius 2 is 1.55 bits per heavy atom. The first-order chi connectivity index (χ1) is 15.8. The number of rotatable bonds is 7. The number of nitrogens with zero attached hydrogens (tertiary/aromatic N) is 1. The van der Waals surface area contributed by atoms with E-state index in [0.717, 1.165) is 5.56 Å². The number of hydrogen-bond donors (Lipinski definition) is 1. The van der Waals surface area contributed by atoms with Crippen LogP contribution in [-0.4, -0.2) is 17.0 Å². The first-order valence-electron chi connectivity index (χ1n) is 10.6. The summed E-state index contributed by atoms with van der Waals surface area (Å²) in [6.07, 6.45) is 0.168. The van der Waals surface area contributed by atoms with Crippen LogP contribution in [0.5, 0.6) is 5.75 Å². The SMILES string of the molecule is CC(=O)O[C@@H](CC[C@H]1C(=O)N(c2ccc(F)cc2)[C@@H]1c1ccc(O)cc1)c1ccc(F)cc1. The molecule has 33 heavy (non-hydrogen) atoms. The molecule has 3 aromatic rings. The highest BCUT2D eigenvalue weighted by atomic mass is 19.1. The predicted molar refractivity (Wildman–Crippen MR) is 118 cm³/mol. The second kappa shape index (κ2) is 9.40. The van der Waals surface area contributed by atoms with Crippen molar-refractivity contribution in [1.29, 1.82) is 0 Å². The van der Waals surface area contributed by atoms with Gasteiger partial charge in [-0.2, -0.15) is 0 Å². The zero-order valence-electron chi connectivity index (χ0n) is 17.9. The van der Waals surface area contributed by atoms with Crippen LogP contribution in [0.3, 0.4) is 0 Å². The summed E-state index contributed by atoms with van der Waals surface area (Å²) in [4.78, 5) is 26.4. The fourth-order valence-corrected chi connectivity index (χ4v) is 4.27. The Balaban J connectivity index is 1.58. The molecule has 0 spiro atoms. The van der Waals surface area contributed by atoms with Crippen molar-refractivity contribution in [3.8, 4) is 5.75 Å². The molecule has 1 saturated heterocycles. The average Bonchev–Trinajstić information content (AvgIpc) is 2.79. The van der Waals surface area contributed by atoms with Crippen molar-refractivity contribution >= 4 is 17.6 Å². The molecular weight excluding hydrogens is 428 g/mol. The molecule has 3 aromatic carbocycles. The van der Waals surface area contributed by atoms with Gasteiger partial charge in [-0.1, -0.05) is 24.3 Å². The minimum atomic E-state index is -0.615. The summed E-state index contributed by atoms with van der Waals surface area (Å²) in [5.74, 6) is -1.67. The van der Waals surface area contributed by atoms with Crippen molar-refractivity contribution < 1.29 is 28.2 Å². The number of esters is 1. The third-order valence-corrected chi connectivity index (χ3v) is 5.84. The number of aromatic hydroxyl groups is 1. The molecular formula is C26H23F2NO4. The smallest absolute Gasteiger partial charge is 0.303 e. The molecule has 0 saturated carbocycles. The Hall–Kier alpha value is -3.74. The third kappa shape index (κ3) is 4.87. The fourth-order valence-electron chi connectivity index (χ4n) is 4.27. The molecule has 0 bridgehead atoms. The lowest BCUT2D eigenvalue weighted by Crippen LogP contribution is -2.55. The number of hydrogen-bond acceptors (Lipinski definition) is 4. The summed E-state index contributed by atoms with van der Waals surface area (Å²) in [6, 6.07) is 17.7. The molecule has 1 fully saturated rings. The number of phenols is 1. The summed E-state index contributed by atoms with van der Waals surface area (Å²) >= 11 is 0. The van der Waals surface area contributed by atoms with Gasteiger partial charge in [-0.15, -0.1) is 0 Å². The van der Waals surface area contributed by atoms with E-state index in [-0.39, 0.29) is 17.7 Å². The molecule has 1 N–H and O–H groups in total. The van der Waals surface area contributed by atoms with E-state index in [1.807, 2.05) is 0 Å². The van der Waals surface area contributed by atoms with E-state index in [1.54, 1.807) is 53.4 Å². The second-order valence-corrected chi connectivity index (χ2v) is 8.05. The maximum Gasteiger partial charge on any atom is 0.303 e. The zero-order chi connectivity index (χ0) is 23.5. The number of halogens is 2. The maximum absolute atomic E-state index is 13.4. The summed E-state index contributed by atoms with van der Waals surface area (Å²) in [5, 5.41) is 9.67. The van der Waals surface area contributed by atoms with Gasteiger partial charge in [-0.3, -0.25) is 9.59 Å². The first-order valence-corrected chi connectivity index (χ1v) is 10.6. The van der Waals surface area contributed by atoms with Gasteiger partial charge in [0.2, 0.25) is 5.91 Å². The Labute approximate surface area is 190 Å². The monoisotopic (exact) mass is 451 g/mol. The topological polar surface area (TPSA) is 66.8 Å². The van der Waals surface area contributed by atoms with Crippen molar-refractivity contribution in [2.75, 3.05) is 4.90 Å². The lowest BCUT2D eigenvalue weighted by atomic mass is 9.78. The predicted octanol–water partition coefficient (Wildman–Crippen LogP) is 5.46. The standard InChI is InChI=1S/C26H23F2NO4/c1-16(30)33-24(17-2-6-19(27)7-3-17)15-14-23-25(18-4-12-22(31)13-5-18)29(26(23)32)21-10-8-20(28)9-11-21/h2-13,23-25,31H,14-15H2,1H3/t23-,24+,25-/m1/s1. The van der Waals surface area contributed by atoms with Crippen molar-refractivity contribution in [1.82, 2.24) is 0 Å². The van der Waals surface area contributed by atoms with Crippen LogP contribution < -0.4 is 4.90 Å². The van der Waals surface area contributed by atoms with E-state index >= 15 is 0 Å². The van der Waals surface area contributed by atoms with Crippen LogP contribution in [0.2, 0.25) is 0 Å². The van der Waals surface area contributed by atoms with Crippen LogP contribution in [-0.2, 0) is 14.3 Å². The lowest BCUT2D eigenvalue weighted by Gasteiger charge is -2.48. The van der Waals surface area contributed by atoms with Gasteiger partial charge in [-0.25, -0.2) is 8.78 Å². The summed E-state index contributed by atoms with van der Waals surface area (Å²) in [5.41, 5.74) is 2.05. The molecule has 0 radical (unpaired) electrons. The summed E-state index contributed by atoms with van der Waals surface area (Å²) in [7, 11) is 0. The number of amides is 1. The highest BCUT2D eigenvalue weighted by Crippen LogP contribution is 2.46. The molecule has 7 heteroatoms. The number of β-lactam (4-membered cyclic amide) rings is 1. The van der Waals surface area contributed by atoms with E-state index in [9.17, 15) is 23.5 Å². The second-order valence-electron chi connectivity index (χ2n) is 8.05. The van der Waals surface area contributed by atoms with Gasteiger partial charge in [0.05, 0.1) is 12.0 Å². The maximum atomic E-state index is 13.4. The number of anilines is 1. The van der Waals surface area contributed by atoms with E-state index in [1.165, 1.54) is 31.2 Å². The van der Waals surface area contributed by atoms with Gasteiger partial charge >= 0.3 is 5.97 Å². The number of phenolic OH excluding ortho intramolecular Hbond substituents is 1. The molecule has 3 atom stereocenters. The molecule has 0 unspecified atom stereocenters. The highest BCUT2D eigenvalue weighted by Gasteiger charge is 2.48. The van der Waals surface area contributed by atoms with Gasteiger partial charge in [-0.05, 0) is 72.5 Å². The van der Waals surface area contributed by atoms with Crippen LogP contribution in [0.1, 0.15) is 43.0 Å². The van der Waals surface area contributed by atoms with Gasteiger partial charge < -0.3 is 14.7 Å². The van der Waals surface area contributed by atoms with Crippen LogP contribution >= 0.6 is 0 Å². The van der Waals surface area contributed by atoms with Crippen LogP contribution in [0.4, 0.5) is 14.5 Å². The van der Waals surface area contributed by atoms with Gasteiger partial charge in [0, 0.05) is 12.6 Å². The van der Waals surface area contributed by atoms with Gasteiger partial charge in [0.1, 0.15) is 23.5 Å². The molecule has 1 aliphatic heterocycles. The van der Waals surface area contributed by atoms with E-state index in [2.05, 4.69) is 0 Å². The molecule has 1 heterocycles. The average molecular weight is 451 g/mol. The largest absolute Gasteiger partial charge is 0.508 e. The Kier molecular flexibility index (Phi) is 6.40. The zero-order valence-corrected chi connectivity index (χ0v) is 17.9. The Morgan fingerprint density at radius 1 is 0.970 bits per heavy atom. The molecule has 5 nitrogen and oxygen atoms in total. The van der Waals surface area contributed by atoms with E-state index in [0.29, 0.717) is 24.1 Å². The first kappa shape index (κ1) is 22.5. The molecule has 0 aliphatic carbocycles. The van der Waals surface area contributed by atoms with Gasteiger partial charge in [0.25, 0.3) is 0 Å². The number of carbonyl (C=O) groups is 2. The molecule has 0 aromatic heterocycles. The fraction of sp³-hybridized carbons (Fsp3) is 0.231. The van der Waals surface area contributed by atoms with Gasteiger partial charge in [0.15, 0.2) is 0 Å². The molecule has 1 aliphatic rings. The van der Waals surface area contributed by atoms with Crippen LogP contribution in [0.15, 0.2) is 72.8 Å². The van der Waals surface area contributed by atoms with E-state index < -0.39 is 29.6 Å². The minimum absolute atomic E-state index is 0.112. The van der Waals surface area contributed by atoms with E-state index in [4.69, 9.17) is 4.74 Å². The third-order valence-electron chi connectivity index (χ3n) is 5.84. The molecule has 1 amide bonds. The number of benzene rings is 3. The Bertz CT molecular complexity index is 1130. The van der Waals surface area contributed by atoms with Crippen LogP contribution in [0.25, 0.3) is 0 Å². The van der Waals surface area contributed by atoms with Crippen molar-refractivity contribution in [2.24, 2.45) is 5.92 Å². The van der Waals surface area contributed by atoms with Crippen LogP contribution in [0, 0.1) is 17.6 Å².